The fourth-order valence-electron chi connectivity index (χ4n) is 1.48. The zero-order valence-corrected chi connectivity index (χ0v) is 11.3. The summed E-state index contributed by atoms with van der Waals surface area (Å²) in [6.07, 6.45) is 2.61. The van der Waals surface area contributed by atoms with Crippen molar-refractivity contribution < 1.29 is 4.39 Å². The van der Waals surface area contributed by atoms with Crippen molar-refractivity contribution in [1.29, 1.82) is 0 Å². The molecule has 0 bridgehead atoms. The molecule has 2 aromatic rings. The highest BCUT2D eigenvalue weighted by Crippen LogP contribution is 2.22. The average molecular weight is 291 g/mol. The van der Waals surface area contributed by atoms with Gasteiger partial charge in [0.15, 0.2) is 11.6 Å². The Morgan fingerprint density at radius 3 is 2.85 bits per heavy atom. The maximum atomic E-state index is 13.5. The van der Waals surface area contributed by atoms with E-state index in [0.717, 1.165) is 11.9 Å². The van der Waals surface area contributed by atoms with Crippen molar-refractivity contribution in [2.24, 2.45) is 0 Å². The lowest BCUT2D eigenvalue weighted by atomic mass is 10.2. The van der Waals surface area contributed by atoms with E-state index in [4.69, 9.17) is 11.6 Å². The summed E-state index contributed by atoms with van der Waals surface area (Å²) >= 11 is 5.64. The molecule has 1 aromatic heterocycles. The molecule has 20 heavy (non-hydrogen) atoms. The fraction of sp³-hybridized carbons (Fsp3) is 0. The molecule has 0 fully saturated rings. The molecule has 4 nitrogen and oxygen atoms in total. The number of hydrogen-bond acceptors (Lipinski definition) is 4. The number of benzene rings is 1. The minimum absolute atomic E-state index is 0.0182. The van der Waals surface area contributed by atoms with Gasteiger partial charge in [0.05, 0.1) is 6.20 Å². The summed E-state index contributed by atoms with van der Waals surface area (Å²) in [5.74, 6) is -0.562. The van der Waals surface area contributed by atoms with E-state index in [2.05, 4.69) is 33.8 Å². The number of aromatic nitrogens is 2. The Balaban J connectivity index is 2.21. The summed E-state index contributed by atoms with van der Waals surface area (Å²) in [7, 11) is 0. The molecule has 0 unspecified atom stereocenters. The Morgan fingerprint density at radius 1 is 1.35 bits per heavy atom. The van der Waals surface area contributed by atoms with Crippen LogP contribution in [-0.4, -0.2) is 9.97 Å². The summed E-state index contributed by atoms with van der Waals surface area (Å²) in [5, 5.41) is 5.85. The van der Waals surface area contributed by atoms with E-state index in [1.54, 1.807) is 18.2 Å². The van der Waals surface area contributed by atoms with Crippen LogP contribution in [0.2, 0.25) is 5.28 Å². The van der Waals surface area contributed by atoms with Crippen LogP contribution in [0.5, 0.6) is 0 Å². The first-order chi connectivity index (χ1) is 9.58. The molecule has 1 aromatic carbocycles. The molecule has 0 atom stereocenters. The minimum Gasteiger partial charge on any atom is -0.356 e. The highest BCUT2D eigenvalue weighted by molar-refractivity contribution is 6.28. The molecule has 0 saturated carbocycles. The third-order valence-electron chi connectivity index (χ3n) is 2.39. The number of halogens is 2. The molecular formula is C14H12ClFN4. The van der Waals surface area contributed by atoms with Gasteiger partial charge >= 0.3 is 0 Å². The smallest absolute Gasteiger partial charge is 0.224 e. The molecule has 0 saturated heterocycles. The van der Waals surface area contributed by atoms with Gasteiger partial charge in [0, 0.05) is 17.1 Å². The van der Waals surface area contributed by atoms with Gasteiger partial charge < -0.3 is 10.6 Å². The Labute approximate surface area is 121 Å². The lowest BCUT2D eigenvalue weighted by molar-refractivity contribution is 0.619. The van der Waals surface area contributed by atoms with Crippen LogP contribution in [0.1, 0.15) is 0 Å². The molecule has 0 spiro atoms. The maximum absolute atomic E-state index is 13.5. The number of anilines is 3. The number of nitrogens with one attached hydrogen (secondary N) is 2. The van der Waals surface area contributed by atoms with Crippen LogP contribution < -0.4 is 10.6 Å². The van der Waals surface area contributed by atoms with Crippen LogP contribution in [0.3, 0.4) is 0 Å². The van der Waals surface area contributed by atoms with Gasteiger partial charge in [0.1, 0.15) is 0 Å². The first-order valence-electron chi connectivity index (χ1n) is 5.72. The standard InChI is InChI=1S/C14H12ClFN4/c1-3-9(2)18-10-5-4-6-11(7-10)19-13-12(16)8-17-14(15)20-13/h3-8,18H,1-2H2,(H,17,19,20). The number of nitrogens with zero attached hydrogens (tertiary/aromatic N) is 2. The molecule has 0 aliphatic heterocycles. The number of hydrogen-bond donors (Lipinski definition) is 2. The van der Waals surface area contributed by atoms with Gasteiger partial charge in [0.2, 0.25) is 5.28 Å². The largest absolute Gasteiger partial charge is 0.356 e. The SMILES string of the molecule is C=CC(=C)Nc1cccc(Nc2nc(Cl)ncc2F)c1. The van der Waals surface area contributed by atoms with Crippen LogP contribution in [-0.2, 0) is 0 Å². The molecule has 0 aliphatic carbocycles. The number of allylic oxidation sites excluding steroid dienone is 1. The monoisotopic (exact) mass is 290 g/mol. The summed E-state index contributed by atoms with van der Waals surface area (Å²) in [5.41, 5.74) is 2.11. The molecule has 102 valence electrons. The van der Waals surface area contributed by atoms with Crippen LogP contribution >= 0.6 is 11.6 Å². The molecule has 2 rings (SSSR count). The molecule has 0 amide bonds. The van der Waals surface area contributed by atoms with Gasteiger partial charge in [-0.05, 0) is 35.9 Å². The predicted molar refractivity (Wildman–Crippen MR) is 79.7 cm³/mol. The van der Waals surface area contributed by atoms with E-state index in [1.807, 2.05) is 12.1 Å². The number of rotatable bonds is 5. The predicted octanol–water partition coefficient (Wildman–Crippen LogP) is 4.12. The minimum atomic E-state index is -0.580. The lowest BCUT2D eigenvalue weighted by Gasteiger charge is -2.10. The molecular weight excluding hydrogens is 279 g/mol. The average Bonchev–Trinajstić information content (AvgIpc) is 2.43. The van der Waals surface area contributed by atoms with Gasteiger partial charge in [-0.25, -0.2) is 9.37 Å². The van der Waals surface area contributed by atoms with Crippen LogP contribution in [0, 0.1) is 5.82 Å². The topological polar surface area (TPSA) is 49.8 Å². The van der Waals surface area contributed by atoms with Crippen molar-refractivity contribution in [1.82, 2.24) is 9.97 Å². The lowest BCUT2D eigenvalue weighted by Crippen LogP contribution is -2.00. The van der Waals surface area contributed by atoms with Gasteiger partial charge in [-0.2, -0.15) is 4.98 Å². The van der Waals surface area contributed by atoms with E-state index in [-0.39, 0.29) is 11.1 Å². The zero-order chi connectivity index (χ0) is 14.5. The van der Waals surface area contributed by atoms with Gasteiger partial charge in [-0.3, -0.25) is 0 Å². The van der Waals surface area contributed by atoms with Gasteiger partial charge in [0.25, 0.3) is 0 Å². The molecule has 1 heterocycles. The first-order valence-corrected chi connectivity index (χ1v) is 6.10. The molecule has 0 radical (unpaired) electrons. The van der Waals surface area contributed by atoms with E-state index < -0.39 is 5.82 Å². The second kappa shape index (κ2) is 6.16. The Kier molecular flexibility index (Phi) is 4.32. The van der Waals surface area contributed by atoms with Crippen molar-refractivity contribution >= 4 is 28.8 Å². The Bertz CT molecular complexity index is 657. The van der Waals surface area contributed by atoms with Crippen molar-refractivity contribution in [2.45, 2.75) is 0 Å². The third-order valence-corrected chi connectivity index (χ3v) is 2.57. The van der Waals surface area contributed by atoms with E-state index in [9.17, 15) is 4.39 Å². The van der Waals surface area contributed by atoms with Crippen molar-refractivity contribution in [3.63, 3.8) is 0 Å². The third kappa shape index (κ3) is 3.55. The molecule has 6 heteroatoms. The highest BCUT2D eigenvalue weighted by atomic mass is 35.5. The van der Waals surface area contributed by atoms with Gasteiger partial charge in [-0.1, -0.05) is 19.2 Å². The van der Waals surface area contributed by atoms with Crippen molar-refractivity contribution in [3.8, 4) is 0 Å². The normalized spacial score (nSPS) is 9.90. The van der Waals surface area contributed by atoms with Crippen LogP contribution in [0.4, 0.5) is 21.6 Å². The molecule has 0 aliphatic rings. The second-order valence-corrected chi connectivity index (χ2v) is 4.23. The highest BCUT2D eigenvalue weighted by Gasteiger charge is 2.06. The second-order valence-electron chi connectivity index (χ2n) is 3.90. The first kappa shape index (κ1) is 14.0. The van der Waals surface area contributed by atoms with Gasteiger partial charge in [-0.15, -0.1) is 0 Å². The Hall–Kier alpha value is -2.40. The summed E-state index contributed by atoms with van der Waals surface area (Å²) in [6, 6.07) is 7.21. The maximum Gasteiger partial charge on any atom is 0.224 e. The summed E-state index contributed by atoms with van der Waals surface area (Å²) in [6.45, 7) is 7.37. The molecule has 2 N–H and O–H groups in total. The summed E-state index contributed by atoms with van der Waals surface area (Å²) in [4.78, 5) is 7.34. The van der Waals surface area contributed by atoms with E-state index in [0.29, 0.717) is 11.4 Å². The van der Waals surface area contributed by atoms with Crippen LogP contribution in [0.25, 0.3) is 0 Å². The van der Waals surface area contributed by atoms with Crippen molar-refractivity contribution in [3.05, 3.63) is 66.5 Å². The zero-order valence-electron chi connectivity index (χ0n) is 10.5. The van der Waals surface area contributed by atoms with E-state index >= 15 is 0 Å². The fourth-order valence-corrected chi connectivity index (χ4v) is 1.61. The summed E-state index contributed by atoms with van der Waals surface area (Å²) < 4.78 is 13.5. The quantitative estimate of drug-likeness (QED) is 0.642. The Morgan fingerprint density at radius 2 is 2.10 bits per heavy atom. The van der Waals surface area contributed by atoms with Crippen LogP contribution in [0.15, 0.2) is 55.4 Å². The van der Waals surface area contributed by atoms with Crippen molar-refractivity contribution in [2.75, 3.05) is 10.6 Å². The van der Waals surface area contributed by atoms with E-state index in [1.165, 1.54) is 0 Å².